The number of hydrogen-bond acceptors (Lipinski definition) is 9. The van der Waals surface area contributed by atoms with E-state index in [1.165, 1.54) is 7.11 Å². The Bertz CT molecular complexity index is 1010. The number of hydrazone groups is 1. The van der Waals surface area contributed by atoms with Gasteiger partial charge in [-0.15, -0.1) is 11.3 Å². The SMILES string of the molecule is COc1cc(/C=N/N(CC(C)C)c2nc(C)nc3ccsc23)ccc1OB(O)O. The van der Waals surface area contributed by atoms with Crippen LogP contribution in [-0.2, 0) is 0 Å². The Labute approximate surface area is 173 Å². The highest BCUT2D eigenvalue weighted by Gasteiger charge is 2.17. The van der Waals surface area contributed by atoms with Gasteiger partial charge in [0.15, 0.2) is 11.6 Å². The predicted molar refractivity (Wildman–Crippen MR) is 116 cm³/mol. The van der Waals surface area contributed by atoms with Gasteiger partial charge in [-0.1, -0.05) is 13.8 Å². The van der Waals surface area contributed by atoms with Crippen LogP contribution in [0.15, 0.2) is 34.7 Å². The fraction of sp³-hybridized carbons (Fsp3) is 0.316. The normalized spacial score (nSPS) is 11.4. The number of hydrogen-bond donors (Lipinski definition) is 2. The van der Waals surface area contributed by atoms with E-state index in [0.717, 1.165) is 21.6 Å². The smallest absolute Gasteiger partial charge is 0.509 e. The molecule has 2 aromatic heterocycles. The van der Waals surface area contributed by atoms with Gasteiger partial charge in [0.25, 0.3) is 0 Å². The molecular formula is C19H23BN4O4S. The summed E-state index contributed by atoms with van der Waals surface area (Å²) >= 11 is 1.59. The Kier molecular flexibility index (Phi) is 6.68. The second kappa shape index (κ2) is 9.21. The van der Waals surface area contributed by atoms with Gasteiger partial charge in [0.05, 0.1) is 23.5 Å². The second-order valence-electron chi connectivity index (χ2n) is 6.80. The maximum Gasteiger partial charge on any atom is 0.707 e. The number of fused-ring (bicyclic) bond motifs is 1. The average Bonchev–Trinajstić information content (AvgIpc) is 3.13. The molecule has 0 amide bonds. The van der Waals surface area contributed by atoms with Crippen LogP contribution >= 0.6 is 11.3 Å². The maximum absolute atomic E-state index is 9.01. The van der Waals surface area contributed by atoms with Gasteiger partial charge >= 0.3 is 7.32 Å². The van der Waals surface area contributed by atoms with Crippen molar-refractivity contribution in [2.24, 2.45) is 11.0 Å². The molecule has 0 bridgehead atoms. The van der Waals surface area contributed by atoms with Crippen LogP contribution in [0.3, 0.4) is 0 Å². The van der Waals surface area contributed by atoms with E-state index in [-0.39, 0.29) is 5.75 Å². The molecule has 0 unspecified atom stereocenters. The summed E-state index contributed by atoms with van der Waals surface area (Å²) in [5, 5.41) is 26.6. The van der Waals surface area contributed by atoms with Gasteiger partial charge < -0.3 is 19.4 Å². The zero-order valence-electron chi connectivity index (χ0n) is 16.7. The molecule has 1 aromatic carbocycles. The van der Waals surface area contributed by atoms with E-state index in [9.17, 15) is 0 Å². The van der Waals surface area contributed by atoms with Crippen molar-refractivity contribution < 1.29 is 19.4 Å². The van der Waals surface area contributed by atoms with Crippen LogP contribution in [0.25, 0.3) is 10.2 Å². The summed E-state index contributed by atoms with van der Waals surface area (Å²) in [7, 11) is -0.436. The number of anilines is 1. The number of nitrogens with zero attached hydrogens (tertiary/aromatic N) is 4. The molecule has 2 N–H and O–H groups in total. The van der Waals surface area contributed by atoms with Crippen molar-refractivity contribution in [1.29, 1.82) is 0 Å². The van der Waals surface area contributed by atoms with Crippen molar-refractivity contribution in [2.45, 2.75) is 20.8 Å². The molecule has 0 aliphatic carbocycles. The van der Waals surface area contributed by atoms with E-state index >= 15 is 0 Å². The van der Waals surface area contributed by atoms with Crippen LogP contribution < -0.4 is 14.4 Å². The molecule has 3 rings (SSSR count). The quantitative estimate of drug-likeness (QED) is 0.332. The Morgan fingerprint density at radius 1 is 1.24 bits per heavy atom. The van der Waals surface area contributed by atoms with Crippen molar-refractivity contribution in [3.8, 4) is 11.5 Å². The molecule has 3 aromatic rings. The standard InChI is InChI=1S/C19H23BN4O4S/c1-12(2)11-24(19-18-15(7-8-29-18)22-13(3)23-19)21-10-14-5-6-16(28-20(25)26)17(9-14)27-4/h5-10,12,25-26H,11H2,1-4H3/b21-10+. The minimum atomic E-state index is -1.92. The van der Waals surface area contributed by atoms with Gasteiger partial charge in [-0.3, -0.25) is 0 Å². The fourth-order valence-electron chi connectivity index (χ4n) is 2.78. The summed E-state index contributed by atoms with van der Waals surface area (Å²) in [6, 6.07) is 7.04. The fourth-order valence-corrected chi connectivity index (χ4v) is 3.61. The molecule has 29 heavy (non-hydrogen) atoms. The third-order valence-corrected chi connectivity index (χ3v) is 4.85. The number of aryl methyl sites for hydroxylation is 1. The van der Waals surface area contributed by atoms with E-state index in [2.05, 4.69) is 28.9 Å². The number of aromatic nitrogens is 2. The van der Waals surface area contributed by atoms with Gasteiger partial charge in [0, 0.05) is 6.54 Å². The molecule has 0 atom stereocenters. The maximum atomic E-state index is 9.01. The molecule has 152 valence electrons. The summed E-state index contributed by atoms with van der Waals surface area (Å²) in [6.45, 7) is 6.81. The van der Waals surface area contributed by atoms with E-state index < -0.39 is 7.32 Å². The lowest BCUT2D eigenvalue weighted by Crippen LogP contribution is -2.23. The first kappa shape index (κ1) is 21.0. The minimum Gasteiger partial charge on any atom is -0.509 e. The van der Waals surface area contributed by atoms with E-state index in [1.807, 2.05) is 23.4 Å². The first-order chi connectivity index (χ1) is 13.9. The van der Waals surface area contributed by atoms with Crippen LogP contribution in [0.5, 0.6) is 11.5 Å². The van der Waals surface area contributed by atoms with Crippen molar-refractivity contribution >= 4 is 40.9 Å². The first-order valence-corrected chi connectivity index (χ1v) is 9.99. The predicted octanol–water partition coefficient (Wildman–Crippen LogP) is 2.85. The highest BCUT2D eigenvalue weighted by molar-refractivity contribution is 7.17. The van der Waals surface area contributed by atoms with Crippen molar-refractivity contribution in [3.05, 3.63) is 41.0 Å². The first-order valence-electron chi connectivity index (χ1n) is 9.11. The van der Waals surface area contributed by atoms with Crippen LogP contribution in [-0.4, -0.2) is 47.2 Å². The van der Waals surface area contributed by atoms with Gasteiger partial charge in [-0.2, -0.15) is 5.10 Å². The zero-order chi connectivity index (χ0) is 21.0. The molecular weight excluding hydrogens is 391 g/mol. The zero-order valence-corrected chi connectivity index (χ0v) is 17.6. The minimum absolute atomic E-state index is 0.227. The molecule has 0 radical (unpaired) electrons. The molecule has 0 saturated carbocycles. The average molecular weight is 414 g/mol. The monoisotopic (exact) mass is 414 g/mol. The van der Waals surface area contributed by atoms with Gasteiger partial charge in [0.2, 0.25) is 0 Å². The van der Waals surface area contributed by atoms with Crippen LogP contribution in [0.2, 0.25) is 0 Å². The lowest BCUT2D eigenvalue weighted by atomic mass is 10.2. The number of ether oxygens (including phenoxy) is 1. The Balaban J connectivity index is 1.94. The van der Waals surface area contributed by atoms with E-state index in [4.69, 9.17) is 19.4 Å². The van der Waals surface area contributed by atoms with Gasteiger partial charge in [-0.05, 0) is 48.1 Å². The Hall–Kier alpha value is -2.69. The van der Waals surface area contributed by atoms with E-state index in [0.29, 0.717) is 24.0 Å². The van der Waals surface area contributed by atoms with Gasteiger partial charge in [0.1, 0.15) is 11.6 Å². The highest BCUT2D eigenvalue weighted by atomic mass is 32.1. The summed E-state index contributed by atoms with van der Waals surface area (Å²) in [5.74, 6) is 2.44. The number of rotatable bonds is 8. The Morgan fingerprint density at radius 3 is 2.72 bits per heavy atom. The summed E-state index contributed by atoms with van der Waals surface area (Å²) in [4.78, 5) is 9.11. The molecule has 0 saturated heterocycles. The lowest BCUT2D eigenvalue weighted by Gasteiger charge is -2.21. The topological polar surface area (TPSA) is 100 Å². The largest absolute Gasteiger partial charge is 0.707 e. The molecule has 0 fully saturated rings. The summed E-state index contributed by atoms with van der Waals surface area (Å²) in [6.07, 6.45) is 1.71. The van der Waals surface area contributed by atoms with Crippen LogP contribution in [0, 0.1) is 12.8 Å². The highest BCUT2D eigenvalue weighted by Crippen LogP contribution is 2.30. The molecule has 8 nitrogen and oxygen atoms in total. The number of methoxy groups -OCH3 is 1. The molecule has 2 heterocycles. The lowest BCUT2D eigenvalue weighted by molar-refractivity contribution is 0.279. The van der Waals surface area contributed by atoms with Crippen LogP contribution in [0.1, 0.15) is 25.2 Å². The van der Waals surface area contributed by atoms with Crippen molar-refractivity contribution in [2.75, 3.05) is 18.7 Å². The third-order valence-electron chi connectivity index (χ3n) is 3.95. The van der Waals surface area contributed by atoms with Gasteiger partial charge in [-0.25, -0.2) is 15.0 Å². The molecule has 0 spiro atoms. The third kappa shape index (κ3) is 5.23. The van der Waals surface area contributed by atoms with Crippen molar-refractivity contribution in [1.82, 2.24) is 9.97 Å². The summed E-state index contributed by atoms with van der Waals surface area (Å²) < 4.78 is 11.2. The summed E-state index contributed by atoms with van der Waals surface area (Å²) in [5.41, 5.74) is 1.68. The number of thiophene rings is 1. The number of benzene rings is 1. The van der Waals surface area contributed by atoms with Crippen molar-refractivity contribution in [3.63, 3.8) is 0 Å². The second-order valence-corrected chi connectivity index (χ2v) is 7.72. The molecule has 10 heteroatoms. The molecule has 0 aliphatic rings. The van der Waals surface area contributed by atoms with Crippen LogP contribution in [0.4, 0.5) is 5.82 Å². The molecule has 0 aliphatic heterocycles. The Morgan fingerprint density at radius 2 is 2.03 bits per heavy atom. The van der Waals surface area contributed by atoms with E-state index in [1.54, 1.807) is 35.8 Å².